The molecule has 0 aromatic heterocycles. The van der Waals surface area contributed by atoms with Crippen molar-refractivity contribution >= 4 is 11.6 Å². The number of hydrogen-bond acceptors (Lipinski definition) is 1. The summed E-state index contributed by atoms with van der Waals surface area (Å²) in [5.74, 6) is 1.30. The van der Waals surface area contributed by atoms with Crippen molar-refractivity contribution in [1.29, 1.82) is 0 Å². The molecule has 0 radical (unpaired) electrons. The highest BCUT2D eigenvalue weighted by Crippen LogP contribution is 2.37. The van der Waals surface area contributed by atoms with Crippen LogP contribution in [-0.2, 0) is 0 Å². The first kappa shape index (κ1) is 12.0. The summed E-state index contributed by atoms with van der Waals surface area (Å²) >= 11 is 0. The van der Waals surface area contributed by atoms with Gasteiger partial charge in [-0.25, -0.2) is 4.99 Å². The van der Waals surface area contributed by atoms with E-state index < -0.39 is 0 Å². The Morgan fingerprint density at radius 2 is 2.35 bits per heavy atom. The SMILES string of the molecule is CCCC1CC1N=C(N)Nc1cccc(C)c1. The first-order chi connectivity index (χ1) is 8.19. The van der Waals surface area contributed by atoms with Crippen molar-refractivity contribution in [1.82, 2.24) is 0 Å². The van der Waals surface area contributed by atoms with Crippen LogP contribution in [0.3, 0.4) is 0 Å². The number of aryl methyl sites for hydroxylation is 1. The number of nitrogens with two attached hydrogens (primary N) is 1. The molecule has 1 aliphatic carbocycles. The number of aliphatic imine (C=N–C) groups is 1. The van der Waals surface area contributed by atoms with E-state index in [1.807, 2.05) is 12.1 Å². The Hall–Kier alpha value is -1.51. The lowest BCUT2D eigenvalue weighted by Gasteiger charge is -2.06. The van der Waals surface area contributed by atoms with Crippen molar-refractivity contribution in [3.05, 3.63) is 29.8 Å². The Morgan fingerprint density at radius 3 is 3.06 bits per heavy atom. The average molecular weight is 231 g/mol. The molecule has 92 valence electrons. The largest absolute Gasteiger partial charge is 0.370 e. The van der Waals surface area contributed by atoms with Gasteiger partial charge in [0.1, 0.15) is 0 Å². The summed E-state index contributed by atoms with van der Waals surface area (Å²) in [5, 5.41) is 3.14. The maximum Gasteiger partial charge on any atom is 0.193 e. The minimum Gasteiger partial charge on any atom is -0.370 e. The third-order valence-electron chi connectivity index (χ3n) is 3.14. The van der Waals surface area contributed by atoms with Crippen LogP contribution in [0.15, 0.2) is 29.3 Å². The van der Waals surface area contributed by atoms with E-state index >= 15 is 0 Å². The Kier molecular flexibility index (Phi) is 3.67. The second-order valence-electron chi connectivity index (χ2n) is 4.86. The van der Waals surface area contributed by atoms with E-state index in [0.29, 0.717) is 12.0 Å². The number of hydrogen-bond donors (Lipinski definition) is 2. The van der Waals surface area contributed by atoms with Gasteiger partial charge in [-0.3, -0.25) is 0 Å². The van der Waals surface area contributed by atoms with Crippen molar-refractivity contribution in [2.24, 2.45) is 16.6 Å². The summed E-state index contributed by atoms with van der Waals surface area (Å²) < 4.78 is 0. The highest BCUT2D eigenvalue weighted by molar-refractivity contribution is 5.92. The number of rotatable bonds is 4. The minimum absolute atomic E-state index is 0.451. The van der Waals surface area contributed by atoms with E-state index in [1.165, 1.54) is 24.8 Å². The van der Waals surface area contributed by atoms with Crippen molar-refractivity contribution in [3.63, 3.8) is 0 Å². The summed E-state index contributed by atoms with van der Waals surface area (Å²) in [7, 11) is 0. The summed E-state index contributed by atoms with van der Waals surface area (Å²) in [5.41, 5.74) is 8.13. The van der Waals surface area contributed by atoms with Crippen LogP contribution in [-0.4, -0.2) is 12.0 Å². The summed E-state index contributed by atoms with van der Waals surface area (Å²) in [4.78, 5) is 4.50. The minimum atomic E-state index is 0.451. The standard InChI is InChI=1S/C14H21N3/c1-3-5-11-9-13(11)17-14(15)16-12-7-4-6-10(2)8-12/h4,6-8,11,13H,3,5,9H2,1-2H3,(H3,15,16,17). The smallest absolute Gasteiger partial charge is 0.193 e. The van der Waals surface area contributed by atoms with Crippen LogP contribution in [0, 0.1) is 12.8 Å². The third-order valence-corrected chi connectivity index (χ3v) is 3.14. The van der Waals surface area contributed by atoms with E-state index in [2.05, 4.69) is 36.3 Å². The van der Waals surface area contributed by atoms with Gasteiger partial charge in [0.15, 0.2) is 5.96 Å². The normalized spacial score (nSPS) is 23.5. The van der Waals surface area contributed by atoms with E-state index in [1.54, 1.807) is 0 Å². The lowest BCUT2D eigenvalue weighted by atomic mass is 10.2. The van der Waals surface area contributed by atoms with E-state index in [4.69, 9.17) is 5.73 Å². The van der Waals surface area contributed by atoms with Gasteiger partial charge in [-0.2, -0.15) is 0 Å². The Bertz CT molecular complexity index is 412. The summed E-state index contributed by atoms with van der Waals surface area (Å²) in [6.45, 7) is 4.28. The molecule has 0 amide bonds. The fourth-order valence-corrected chi connectivity index (χ4v) is 2.15. The zero-order chi connectivity index (χ0) is 12.3. The molecule has 0 bridgehead atoms. The second kappa shape index (κ2) is 5.21. The fourth-order valence-electron chi connectivity index (χ4n) is 2.15. The first-order valence-corrected chi connectivity index (χ1v) is 6.36. The summed E-state index contributed by atoms with van der Waals surface area (Å²) in [6, 6.07) is 8.61. The van der Waals surface area contributed by atoms with Crippen LogP contribution in [0.2, 0.25) is 0 Å². The van der Waals surface area contributed by atoms with E-state index in [0.717, 1.165) is 11.6 Å². The zero-order valence-corrected chi connectivity index (χ0v) is 10.6. The van der Waals surface area contributed by atoms with Gasteiger partial charge in [0, 0.05) is 5.69 Å². The van der Waals surface area contributed by atoms with Crippen LogP contribution in [0.1, 0.15) is 31.7 Å². The van der Waals surface area contributed by atoms with Gasteiger partial charge in [0.2, 0.25) is 0 Å². The molecular weight excluding hydrogens is 210 g/mol. The van der Waals surface area contributed by atoms with Gasteiger partial charge in [0.05, 0.1) is 6.04 Å². The predicted octanol–water partition coefficient (Wildman–Crippen LogP) is 2.91. The monoisotopic (exact) mass is 231 g/mol. The molecule has 2 atom stereocenters. The number of benzene rings is 1. The van der Waals surface area contributed by atoms with Gasteiger partial charge in [-0.1, -0.05) is 25.5 Å². The van der Waals surface area contributed by atoms with Crippen LogP contribution in [0.5, 0.6) is 0 Å². The lowest BCUT2D eigenvalue weighted by Crippen LogP contribution is -2.23. The van der Waals surface area contributed by atoms with Crippen LogP contribution < -0.4 is 11.1 Å². The fraction of sp³-hybridized carbons (Fsp3) is 0.500. The van der Waals surface area contributed by atoms with Gasteiger partial charge in [-0.05, 0) is 43.4 Å². The number of anilines is 1. The first-order valence-electron chi connectivity index (χ1n) is 6.36. The molecule has 0 saturated heterocycles. The molecule has 17 heavy (non-hydrogen) atoms. The number of guanidine groups is 1. The van der Waals surface area contributed by atoms with Crippen molar-refractivity contribution in [3.8, 4) is 0 Å². The highest BCUT2D eigenvalue weighted by atomic mass is 15.1. The zero-order valence-electron chi connectivity index (χ0n) is 10.6. The highest BCUT2D eigenvalue weighted by Gasteiger charge is 2.35. The number of nitrogens with one attached hydrogen (secondary N) is 1. The van der Waals surface area contributed by atoms with E-state index in [9.17, 15) is 0 Å². The molecule has 1 aromatic rings. The molecule has 1 aromatic carbocycles. The van der Waals surface area contributed by atoms with Gasteiger partial charge in [0.25, 0.3) is 0 Å². The Balaban J connectivity index is 1.89. The van der Waals surface area contributed by atoms with Gasteiger partial charge >= 0.3 is 0 Å². The maximum atomic E-state index is 5.89. The Labute approximate surface area is 103 Å². The molecule has 0 heterocycles. The second-order valence-corrected chi connectivity index (χ2v) is 4.86. The van der Waals surface area contributed by atoms with Crippen LogP contribution in [0.25, 0.3) is 0 Å². The quantitative estimate of drug-likeness (QED) is 0.618. The van der Waals surface area contributed by atoms with Crippen molar-refractivity contribution in [2.45, 2.75) is 39.2 Å². The molecule has 2 unspecified atom stereocenters. The molecular formula is C14H21N3. The maximum absolute atomic E-state index is 5.89. The molecule has 1 fully saturated rings. The molecule has 3 nitrogen and oxygen atoms in total. The predicted molar refractivity (Wildman–Crippen MR) is 73.2 cm³/mol. The topological polar surface area (TPSA) is 50.4 Å². The molecule has 0 aliphatic heterocycles. The lowest BCUT2D eigenvalue weighted by molar-refractivity contribution is 0.683. The van der Waals surface area contributed by atoms with Crippen molar-refractivity contribution < 1.29 is 0 Å². The number of nitrogens with zero attached hydrogens (tertiary/aromatic N) is 1. The van der Waals surface area contributed by atoms with Crippen LogP contribution >= 0.6 is 0 Å². The molecule has 3 N–H and O–H groups in total. The molecule has 2 rings (SSSR count). The average Bonchev–Trinajstić information content (AvgIpc) is 2.96. The van der Waals surface area contributed by atoms with Crippen LogP contribution in [0.4, 0.5) is 5.69 Å². The molecule has 3 heteroatoms. The molecule has 1 saturated carbocycles. The molecule has 0 spiro atoms. The summed E-state index contributed by atoms with van der Waals surface area (Å²) in [6.07, 6.45) is 3.71. The van der Waals surface area contributed by atoms with Gasteiger partial charge < -0.3 is 11.1 Å². The van der Waals surface area contributed by atoms with E-state index in [-0.39, 0.29) is 0 Å². The van der Waals surface area contributed by atoms with Gasteiger partial charge in [-0.15, -0.1) is 0 Å². The van der Waals surface area contributed by atoms with Crippen molar-refractivity contribution in [2.75, 3.05) is 5.32 Å². The third kappa shape index (κ3) is 3.48. The molecule has 1 aliphatic rings. The Morgan fingerprint density at radius 1 is 1.53 bits per heavy atom.